The maximum atomic E-state index is 16.0. The smallest absolute Gasteiger partial charge is 0.340 e. The Morgan fingerprint density at radius 3 is 2.51 bits per heavy atom. The first-order valence-electron chi connectivity index (χ1n) is 35.7. The van der Waals surface area contributed by atoms with Gasteiger partial charge in [-0.25, -0.2) is 14.6 Å². The van der Waals surface area contributed by atoms with E-state index in [-0.39, 0.29) is 101 Å². The van der Waals surface area contributed by atoms with Crippen LogP contribution in [0.1, 0.15) is 153 Å². The summed E-state index contributed by atoms with van der Waals surface area (Å²) in [5.41, 5.74) is 6.79. The van der Waals surface area contributed by atoms with E-state index in [0.29, 0.717) is 74.2 Å². The third-order valence-corrected chi connectivity index (χ3v) is 28.0. The van der Waals surface area contributed by atoms with Crippen molar-refractivity contribution in [3.63, 3.8) is 0 Å². The van der Waals surface area contributed by atoms with E-state index < -0.39 is 29.5 Å². The second-order valence-electron chi connectivity index (χ2n) is 30.0. The number of amides is 2. The molecule has 6 heterocycles. The number of aromatic nitrogens is 2. The lowest BCUT2D eigenvalue weighted by atomic mass is 9.42. The number of nitrogens with one attached hydrogen (secondary N) is 4. The minimum Gasteiger partial charge on any atom is -0.427 e. The first-order valence-corrected chi connectivity index (χ1v) is 38.1. The Labute approximate surface area is 556 Å². The van der Waals surface area contributed by atoms with E-state index in [9.17, 15) is 24.9 Å². The molecule has 5 fully saturated rings. The number of imide groups is 1. The molecule has 1 spiro atoms. The van der Waals surface area contributed by atoms with Crippen LogP contribution >= 0.6 is 21.6 Å². The molecule has 9 aliphatic carbocycles. The fourth-order valence-corrected chi connectivity index (χ4v) is 23.7. The molecule has 7 N–H and O–H groups in total. The summed E-state index contributed by atoms with van der Waals surface area (Å²) in [5.74, 6) is 8.53. The number of carbonyl (C=O) groups excluding carboxylic acids is 4. The zero-order valence-electron chi connectivity index (χ0n) is 54.0. The molecule has 2 amide bonds. The predicted molar refractivity (Wildman–Crippen MR) is 359 cm³/mol. The number of hydrogen-bond donors (Lipinski definition) is 7. The fraction of sp³-hybridized carbons (Fsp3) is 0.618. The summed E-state index contributed by atoms with van der Waals surface area (Å²) in [6.07, 6.45) is 32.3. The summed E-state index contributed by atoms with van der Waals surface area (Å²) < 4.78 is 13.9. The largest absolute Gasteiger partial charge is 0.427 e. The van der Waals surface area contributed by atoms with Crippen LogP contribution in [0.4, 0.5) is 0 Å². The van der Waals surface area contributed by atoms with Gasteiger partial charge in [0.1, 0.15) is 11.5 Å². The van der Waals surface area contributed by atoms with Crippen LogP contribution in [0.2, 0.25) is 0 Å². The normalized spacial score (nSPS) is 36.1. The van der Waals surface area contributed by atoms with E-state index in [1.807, 2.05) is 24.4 Å². The molecule has 17 atom stereocenters. The summed E-state index contributed by atoms with van der Waals surface area (Å²) in [6.45, 7) is 3.32. The molecule has 9 bridgehead atoms. The minimum atomic E-state index is -1.03. The summed E-state index contributed by atoms with van der Waals surface area (Å²) >= 11 is 0. The number of aliphatic hydroxyl groups is 3. The molecule has 93 heavy (non-hydrogen) atoms. The number of fused-ring (bicyclic) bond motifs is 4. The average Bonchev–Trinajstić information content (AvgIpc) is 1.58. The zero-order valence-corrected chi connectivity index (χ0v) is 55.6. The highest BCUT2D eigenvalue weighted by molar-refractivity contribution is 8.76. The number of allylic oxidation sites excluding steroid dienone is 5. The average molecular weight is 1300 g/mol. The maximum absolute atomic E-state index is 16.0. The molecular formula is C76H94N6O9S2. The molecule has 1 saturated heterocycles. The number of aromatic amines is 1. The third-order valence-electron chi connectivity index (χ3n) is 25.5. The van der Waals surface area contributed by atoms with Crippen molar-refractivity contribution >= 4 is 45.3 Å². The van der Waals surface area contributed by atoms with Crippen LogP contribution < -0.4 is 16.0 Å². The SMILES string of the molecule is CCC1(C2=C3OC(=O)C4=C3C(CC2)CC2C3CCC5(C6=CCC(C7CCC8CC(CO)CC(C(O)Cc9ccccc9)C#CCC7C8)C(NCC(O)C7CCCCC7Cc7cnc[nH]7)SSCNC7=CC(=CCN7)C(CN7C(=O)C=CC7=O)C3=C5C(=O)O6)C42)CCCC1. The molecule has 1 aromatic heterocycles. The second kappa shape index (κ2) is 26.8. The lowest BCUT2D eigenvalue weighted by Gasteiger charge is -2.58. The zero-order chi connectivity index (χ0) is 63.5. The Morgan fingerprint density at radius 1 is 0.860 bits per heavy atom. The molecule has 5 aliphatic heterocycles. The van der Waals surface area contributed by atoms with Gasteiger partial charge in [-0.3, -0.25) is 14.5 Å². The Kier molecular flexibility index (Phi) is 18.3. The van der Waals surface area contributed by atoms with Crippen molar-refractivity contribution in [3.8, 4) is 11.8 Å². The molecule has 0 radical (unpaired) electrons. The Hall–Kier alpha value is -5.61. The number of aliphatic hydroxyl groups excluding tert-OH is 3. The van der Waals surface area contributed by atoms with Gasteiger partial charge in [0.2, 0.25) is 0 Å². The lowest BCUT2D eigenvalue weighted by Crippen LogP contribution is -2.55. The summed E-state index contributed by atoms with van der Waals surface area (Å²) in [5, 5.41) is 46.9. The Bertz CT molecular complexity index is 3500. The third kappa shape index (κ3) is 11.8. The molecule has 17 heteroatoms. The van der Waals surface area contributed by atoms with Crippen molar-refractivity contribution < 1.29 is 44.0 Å². The molecule has 4 saturated carbocycles. The minimum absolute atomic E-state index is 0.00547. The molecule has 494 valence electrons. The van der Waals surface area contributed by atoms with E-state index in [2.05, 4.69) is 75.0 Å². The Morgan fingerprint density at radius 2 is 1.70 bits per heavy atom. The number of rotatable bonds is 15. The number of hydrogen-bond acceptors (Lipinski definition) is 15. The maximum Gasteiger partial charge on any atom is 0.340 e. The van der Waals surface area contributed by atoms with Gasteiger partial charge in [-0.15, -0.1) is 5.92 Å². The van der Waals surface area contributed by atoms with Crippen molar-refractivity contribution in [1.82, 2.24) is 30.8 Å². The number of H-pyrrole nitrogens is 1. The monoisotopic (exact) mass is 1300 g/mol. The van der Waals surface area contributed by atoms with Crippen LogP contribution in [0.5, 0.6) is 0 Å². The van der Waals surface area contributed by atoms with Crippen molar-refractivity contribution in [2.45, 2.75) is 172 Å². The van der Waals surface area contributed by atoms with Crippen molar-refractivity contribution in [3.05, 3.63) is 135 Å². The van der Waals surface area contributed by atoms with Crippen molar-refractivity contribution in [2.24, 2.45) is 87.8 Å². The number of carbonyl (C=O) groups is 4. The number of ether oxygens (including phenoxy) is 2. The summed E-state index contributed by atoms with van der Waals surface area (Å²) in [7, 11) is 3.55. The van der Waals surface area contributed by atoms with Crippen molar-refractivity contribution in [2.75, 3.05) is 32.1 Å². The van der Waals surface area contributed by atoms with Gasteiger partial charge in [0, 0.05) is 85.6 Å². The highest BCUT2D eigenvalue weighted by Crippen LogP contribution is 2.73. The number of esters is 2. The summed E-state index contributed by atoms with van der Waals surface area (Å²) in [4.78, 5) is 68.1. The van der Waals surface area contributed by atoms with E-state index in [4.69, 9.17) is 9.47 Å². The summed E-state index contributed by atoms with van der Waals surface area (Å²) in [6, 6.07) is 10.1. The highest BCUT2D eigenvalue weighted by atomic mass is 33.1. The van der Waals surface area contributed by atoms with Gasteiger partial charge in [-0.05, 0) is 208 Å². The van der Waals surface area contributed by atoms with Crippen LogP contribution in [-0.2, 0) is 41.5 Å². The molecule has 1 aromatic carbocycles. The van der Waals surface area contributed by atoms with E-state index >= 15 is 9.59 Å². The number of nitrogens with zero attached hydrogens (tertiary/aromatic N) is 2. The lowest BCUT2D eigenvalue weighted by molar-refractivity contribution is -0.138. The standard InChI is InChI=1S/C76H94N6O9S2/c1-2-75(27-8-9-28-75)59-21-18-51-36-57-55-25-29-76(69(57)68-66(51)71(59)91-73(68)88)62-22-20-56(53-19-17-45-31-46(41-83)33-50(15-10-14-47(53)32-45)60(84)34-44-11-4-3-5-12-44)72(79-39-61(85)54-16-7-6-13-48(54)35-52-38-77-42-80-52)93-92-43-81-63-37-49(26-30-78-63)58(67(55)70(76)74(89)90-62)40-82-64(86)23-24-65(82)87/h3-5,11-12,22-24,26,37-38,42,45-48,50-51,53-58,60-61,69,72,78-79,81,83-85H,2,6-9,13-14,16-21,25,27-36,39-41,43H2,1H3,(H,77,80). The van der Waals surface area contributed by atoms with Gasteiger partial charge >= 0.3 is 11.9 Å². The number of benzene rings is 1. The van der Waals surface area contributed by atoms with Gasteiger partial charge in [0.15, 0.2) is 0 Å². The molecule has 16 rings (SSSR count). The van der Waals surface area contributed by atoms with Crippen LogP contribution in [-0.4, -0.2) is 104 Å². The van der Waals surface area contributed by atoms with Gasteiger partial charge in [-0.1, -0.05) is 103 Å². The predicted octanol–water partition coefficient (Wildman–Crippen LogP) is 11.2. The Balaban J connectivity index is 0.866. The first-order chi connectivity index (χ1) is 45.4. The van der Waals surface area contributed by atoms with Crippen LogP contribution in [0.25, 0.3) is 0 Å². The van der Waals surface area contributed by atoms with Crippen molar-refractivity contribution in [1.29, 1.82) is 0 Å². The van der Waals surface area contributed by atoms with Crippen LogP contribution in [0.15, 0.2) is 124 Å². The van der Waals surface area contributed by atoms with Crippen LogP contribution in [0, 0.1) is 99.6 Å². The van der Waals surface area contributed by atoms with E-state index in [1.165, 1.54) is 35.5 Å². The molecule has 15 nitrogen and oxygen atoms in total. The quantitative estimate of drug-likeness (QED) is 0.0382. The van der Waals surface area contributed by atoms with Gasteiger partial charge in [0.25, 0.3) is 11.8 Å². The first kappa shape index (κ1) is 63.4. The molecule has 14 aliphatic rings. The molecule has 17 unspecified atom stereocenters. The van der Waals surface area contributed by atoms with Crippen LogP contribution in [0.3, 0.4) is 0 Å². The second-order valence-corrected chi connectivity index (χ2v) is 32.5. The number of dihydropyridines is 1. The van der Waals surface area contributed by atoms with Gasteiger partial charge < -0.3 is 45.7 Å². The number of imidazole rings is 1. The van der Waals surface area contributed by atoms with Gasteiger partial charge in [-0.2, -0.15) is 0 Å². The topological polar surface area (TPSA) is 215 Å². The van der Waals surface area contributed by atoms with Gasteiger partial charge in [0.05, 0.1) is 46.6 Å². The molecule has 2 aromatic rings. The highest BCUT2D eigenvalue weighted by Gasteiger charge is 2.70. The fourth-order valence-electron chi connectivity index (χ4n) is 21.2. The molecular weight excluding hydrogens is 1210 g/mol. The van der Waals surface area contributed by atoms with E-state index in [1.54, 1.807) is 27.9 Å². The van der Waals surface area contributed by atoms with E-state index in [0.717, 1.165) is 148 Å².